The van der Waals surface area contributed by atoms with Crippen LogP contribution in [-0.4, -0.2) is 33.7 Å². The van der Waals surface area contributed by atoms with E-state index in [2.05, 4.69) is 11.2 Å². The van der Waals surface area contributed by atoms with Gasteiger partial charge in [-0.25, -0.2) is 0 Å². The molecule has 0 radical (unpaired) electrons. The van der Waals surface area contributed by atoms with Crippen molar-refractivity contribution in [1.29, 1.82) is 0 Å². The average Bonchev–Trinajstić information content (AvgIpc) is 2.18. The molecule has 0 bridgehead atoms. The van der Waals surface area contributed by atoms with Gasteiger partial charge in [0.2, 0.25) is 0 Å². The quantitative estimate of drug-likeness (QED) is 0.593. The van der Waals surface area contributed by atoms with Crippen molar-refractivity contribution in [2.24, 2.45) is 0 Å². The lowest BCUT2D eigenvalue weighted by Crippen LogP contribution is -2.21. The third kappa shape index (κ3) is 2.02. The highest BCUT2D eigenvalue weighted by atomic mass is 32.2. The third-order valence-corrected chi connectivity index (χ3v) is 3.20. The van der Waals surface area contributed by atoms with Gasteiger partial charge >= 0.3 is 0 Å². The van der Waals surface area contributed by atoms with Gasteiger partial charge in [0, 0.05) is 12.3 Å². The number of thiocarbonyl (C=S) groups is 1. The zero-order valence-electron chi connectivity index (χ0n) is 5.29. The van der Waals surface area contributed by atoms with Gasteiger partial charge in [0.1, 0.15) is 4.32 Å². The molecule has 1 fully saturated rings. The van der Waals surface area contributed by atoms with Crippen molar-refractivity contribution in [2.75, 3.05) is 24.4 Å². The molecule has 1 rings (SSSR count). The largest absolute Gasteiger partial charge is 0.347 e. The molecule has 0 aromatic heterocycles. The molecule has 0 N–H and O–H groups in total. The molecule has 0 aromatic carbocycles. The Morgan fingerprint density at radius 1 is 1.89 bits per heavy atom. The maximum absolute atomic E-state index is 5.08. The van der Waals surface area contributed by atoms with E-state index in [1.54, 1.807) is 11.8 Å². The first kappa shape index (κ1) is 7.69. The van der Waals surface area contributed by atoms with E-state index < -0.39 is 0 Å². The molecule has 1 saturated heterocycles. The zero-order chi connectivity index (χ0) is 6.69. The van der Waals surface area contributed by atoms with Gasteiger partial charge in [0.15, 0.2) is 0 Å². The van der Waals surface area contributed by atoms with Crippen LogP contribution in [0.2, 0.25) is 0 Å². The monoisotopic (exact) mass is 179 g/mol. The van der Waals surface area contributed by atoms with Crippen LogP contribution in [0.15, 0.2) is 0 Å². The van der Waals surface area contributed by atoms with Crippen LogP contribution in [0.3, 0.4) is 0 Å². The summed E-state index contributed by atoms with van der Waals surface area (Å²) in [6.07, 6.45) is 2.10. The first-order valence-corrected chi connectivity index (χ1v) is 5.54. The number of hydrogen-bond donors (Lipinski definition) is 0. The summed E-state index contributed by atoms with van der Waals surface area (Å²) in [7, 11) is 0. The topological polar surface area (TPSA) is 3.24 Å². The first-order valence-electron chi connectivity index (χ1n) is 2.75. The van der Waals surface area contributed by atoms with Crippen LogP contribution in [0.4, 0.5) is 0 Å². The van der Waals surface area contributed by atoms with Crippen LogP contribution in [0.1, 0.15) is 0 Å². The van der Waals surface area contributed by atoms with Gasteiger partial charge in [-0.15, -0.1) is 11.8 Å². The lowest BCUT2D eigenvalue weighted by atomic mass is 10.7. The van der Waals surface area contributed by atoms with Crippen LogP contribution >= 0.6 is 35.7 Å². The molecule has 0 aromatic rings. The van der Waals surface area contributed by atoms with Gasteiger partial charge in [0.05, 0.1) is 5.88 Å². The average molecular weight is 179 g/mol. The summed E-state index contributed by atoms with van der Waals surface area (Å²) in [6.45, 7) is 1.14. The number of nitrogens with zero attached hydrogens (tertiary/aromatic N) is 1. The van der Waals surface area contributed by atoms with E-state index in [0.29, 0.717) is 0 Å². The lowest BCUT2D eigenvalue weighted by molar-refractivity contribution is 0.552. The highest BCUT2D eigenvalue weighted by molar-refractivity contribution is 8.23. The molecule has 52 valence electrons. The Hall–Kier alpha value is 0.590. The Morgan fingerprint density at radius 2 is 2.67 bits per heavy atom. The molecule has 0 atom stereocenters. The van der Waals surface area contributed by atoms with Crippen LogP contribution < -0.4 is 0 Å². The summed E-state index contributed by atoms with van der Waals surface area (Å²) in [5, 5.41) is 0. The number of thioether (sulfide) groups is 2. The Labute approximate surface area is 69.6 Å². The predicted molar refractivity (Wildman–Crippen MR) is 50.1 cm³/mol. The molecule has 0 spiro atoms. The van der Waals surface area contributed by atoms with E-state index in [4.69, 9.17) is 12.2 Å². The maximum Gasteiger partial charge on any atom is 0.137 e. The zero-order valence-corrected chi connectivity index (χ0v) is 7.74. The molecule has 4 heteroatoms. The SMILES string of the molecule is CSCN1CCSC1=S. The minimum absolute atomic E-state index is 1.06. The highest BCUT2D eigenvalue weighted by Crippen LogP contribution is 2.18. The molecule has 0 unspecified atom stereocenters. The van der Waals surface area contributed by atoms with Crippen LogP contribution in [0, 0.1) is 0 Å². The number of rotatable bonds is 2. The van der Waals surface area contributed by atoms with Gasteiger partial charge in [0.25, 0.3) is 0 Å². The third-order valence-electron chi connectivity index (χ3n) is 1.13. The Balaban J connectivity index is 2.31. The second kappa shape index (κ2) is 3.68. The van der Waals surface area contributed by atoms with E-state index in [-0.39, 0.29) is 0 Å². The summed E-state index contributed by atoms with van der Waals surface area (Å²) < 4.78 is 1.07. The molecule has 0 aliphatic carbocycles. The van der Waals surface area contributed by atoms with Gasteiger partial charge in [-0.1, -0.05) is 24.0 Å². The summed E-state index contributed by atoms with van der Waals surface area (Å²) in [4.78, 5) is 2.24. The second-order valence-electron chi connectivity index (χ2n) is 1.80. The van der Waals surface area contributed by atoms with E-state index in [0.717, 1.165) is 16.7 Å². The minimum Gasteiger partial charge on any atom is -0.347 e. The van der Waals surface area contributed by atoms with Crippen molar-refractivity contribution < 1.29 is 0 Å². The van der Waals surface area contributed by atoms with Gasteiger partial charge < -0.3 is 4.90 Å². The molecule has 1 aliphatic rings. The standard InChI is InChI=1S/C5H9NS3/c1-8-4-6-2-3-9-5(6)7/h2-4H2,1H3. The molecule has 1 heterocycles. The van der Waals surface area contributed by atoms with Crippen molar-refractivity contribution >= 4 is 40.1 Å². The lowest BCUT2D eigenvalue weighted by Gasteiger charge is -2.13. The predicted octanol–water partition coefficient (Wildman–Crippen LogP) is 1.64. The summed E-state index contributed by atoms with van der Waals surface area (Å²) in [6, 6.07) is 0. The molecular weight excluding hydrogens is 170 g/mol. The van der Waals surface area contributed by atoms with E-state index in [1.807, 2.05) is 11.8 Å². The molecule has 1 nitrogen and oxygen atoms in total. The molecule has 1 aliphatic heterocycles. The Kier molecular flexibility index (Phi) is 3.15. The maximum atomic E-state index is 5.08. The van der Waals surface area contributed by atoms with E-state index >= 15 is 0 Å². The van der Waals surface area contributed by atoms with Gasteiger partial charge in [-0.3, -0.25) is 0 Å². The van der Waals surface area contributed by atoms with Crippen LogP contribution in [0.5, 0.6) is 0 Å². The van der Waals surface area contributed by atoms with Crippen LogP contribution in [-0.2, 0) is 0 Å². The van der Waals surface area contributed by atoms with Crippen molar-refractivity contribution in [3.8, 4) is 0 Å². The Bertz CT molecular complexity index is 115. The summed E-state index contributed by atoms with van der Waals surface area (Å²) in [5.74, 6) is 2.24. The normalized spacial score (nSPS) is 19.2. The van der Waals surface area contributed by atoms with Crippen molar-refractivity contribution in [1.82, 2.24) is 4.90 Å². The molecular formula is C5H9NS3. The molecule has 0 saturated carbocycles. The fraction of sp³-hybridized carbons (Fsp3) is 0.800. The van der Waals surface area contributed by atoms with Crippen molar-refractivity contribution in [2.45, 2.75) is 0 Å². The Morgan fingerprint density at radius 3 is 3.11 bits per heavy atom. The summed E-state index contributed by atoms with van der Waals surface area (Å²) >= 11 is 8.70. The number of hydrogen-bond acceptors (Lipinski definition) is 3. The minimum atomic E-state index is 1.06. The van der Waals surface area contributed by atoms with E-state index in [1.165, 1.54) is 5.75 Å². The smallest absolute Gasteiger partial charge is 0.137 e. The van der Waals surface area contributed by atoms with E-state index in [9.17, 15) is 0 Å². The van der Waals surface area contributed by atoms with Crippen molar-refractivity contribution in [3.05, 3.63) is 0 Å². The first-order chi connectivity index (χ1) is 4.34. The molecule has 0 amide bonds. The van der Waals surface area contributed by atoms with Crippen LogP contribution in [0.25, 0.3) is 0 Å². The van der Waals surface area contributed by atoms with Gasteiger partial charge in [-0.05, 0) is 6.26 Å². The second-order valence-corrected chi connectivity index (χ2v) is 4.36. The fourth-order valence-electron chi connectivity index (χ4n) is 0.699. The van der Waals surface area contributed by atoms with Crippen molar-refractivity contribution in [3.63, 3.8) is 0 Å². The highest BCUT2D eigenvalue weighted by Gasteiger charge is 2.15. The van der Waals surface area contributed by atoms with Gasteiger partial charge in [-0.2, -0.15) is 0 Å². The molecule has 9 heavy (non-hydrogen) atoms. The fourth-order valence-corrected chi connectivity index (χ4v) is 2.66. The summed E-state index contributed by atoms with van der Waals surface area (Å²) in [5.41, 5.74) is 0.